The Balaban J connectivity index is 1.68. The largest absolute Gasteiger partial charge is 0.322 e. The Labute approximate surface area is 124 Å². The number of pyridine rings is 1. The van der Waals surface area contributed by atoms with Crippen molar-refractivity contribution in [1.29, 1.82) is 0 Å². The molecule has 0 saturated heterocycles. The van der Waals surface area contributed by atoms with Crippen molar-refractivity contribution in [2.24, 2.45) is 0 Å². The zero-order chi connectivity index (χ0) is 15.4. The van der Waals surface area contributed by atoms with E-state index >= 15 is 0 Å². The summed E-state index contributed by atoms with van der Waals surface area (Å²) < 4.78 is 13.4. The van der Waals surface area contributed by atoms with E-state index in [1.54, 1.807) is 36.7 Å². The number of anilines is 1. The van der Waals surface area contributed by atoms with Crippen LogP contribution >= 0.6 is 0 Å². The van der Waals surface area contributed by atoms with Gasteiger partial charge in [-0.2, -0.15) is 4.80 Å². The van der Waals surface area contributed by atoms with Crippen LogP contribution in [0.15, 0.2) is 48.8 Å². The van der Waals surface area contributed by atoms with Gasteiger partial charge in [0, 0.05) is 18.0 Å². The topological polar surface area (TPSA) is 85.6 Å². The van der Waals surface area contributed by atoms with Crippen LogP contribution < -0.4 is 5.32 Å². The van der Waals surface area contributed by atoms with Crippen LogP contribution in [-0.2, 0) is 11.3 Å². The number of hydrogen-bond acceptors (Lipinski definition) is 5. The number of nitrogens with one attached hydrogen (secondary N) is 1. The molecule has 0 spiro atoms. The minimum atomic E-state index is -0.501. The first kappa shape index (κ1) is 13.8. The number of nitrogens with zero attached hydrogens (tertiary/aromatic N) is 5. The molecule has 0 atom stereocenters. The molecule has 0 aliphatic heterocycles. The molecule has 0 bridgehead atoms. The number of amides is 1. The quantitative estimate of drug-likeness (QED) is 0.789. The predicted molar refractivity (Wildman–Crippen MR) is 76.1 cm³/mol. The van der Waals surface area contributed by atoms with Crippen molar-refractivity contribution >= 4 is 11.6 Å². The summed E-state index contributed by atoms with van der Waals surface area (Å²) in [5.74, 6) is -0.578. The Kier molecular flexibility index (Phi) is 3.82. The van der Waals surface area contributed by atoms with Gasteiger partial charge in [0.2, 0.25) is 11.7 Å². The summed E-state index contributed by atoms with van der Waals surface area (Å²) in [5, 5.41) is 14.2. The van der Waals surface area contributed by atoms with Crippen LogP contribution in [-0.4, -0.2) is 31.1 Å². The van der Waals surface area contributed by atoms with Crippen LogP contribution in [0.4, 0.5) is 10.1 Å². The van der Waals surface area contributed by atoms with Gasteiger partial charge in [0.25, 0.3) is 0 Å². The van der Waals surface area contributed by atoms with Crippen LogP contribution in [0.2, 0.25) is 0 Å². The molecule has 110 valence electrons. The van der Waals surface area contributed by atoms with Crippen molar-refractivity contribution < 1.29 is 9.18 Å². The molecule has 3 aromatic rings. The van der Waals surface area contributed by atoms with E-state index in [1.165, 1.54) is 12.1 Å². The van der Waals surface area contributed by atoms with E-state index in [0.717, 1.165) is 4.80 Å². The van der Waals surface area contributed by atoms with Crippen LogP contribution in [0.25, 0.3) is 11.4 Å². The average molecular weight is 298 g/mol. The second-order valence-electron chi connectivity index (χ2n) is 4.41. The fourth-order valence-corrected chi connectivity index (χ4v) is 1.80. The monoisotopic (exact) mass is 298 g/mol. The molecule has 8 heteroatoms. The maximum absolute atomic E-state index is 13.4. The number of hydrogen-bond donors (Lipinski definition) is 1. The number of carbonyl (C=O) groups is 1. The summed E-state index contributed by atoms with van der Waals surface area (Å²) in [6, 6.07) is 9.46. The Morgan fingerprint density at radius 1 is 1.23 bits per heavy atom. The lowest BCUT2D eigenvalue weighted by atomic mass is 10.3. The number of tetrazole rings is 1. The minimum Gasteiger partial charge on any atom is -0.322 e. The highest BCUT2D eigenvalue weighted by Crippen LogP contribution is 2.13. The van der Waals surface area contributed by atoms with Gasteiger partial charge in [0.15, 0.2) is 0 Å². The molecule has 0 unspecified atom stereocenters. The molecule has 22 heavy (non-hydrogen) atoms. The fourth-order valence-electron chi connectivity index (χ4n) is 1.80. The molecular formula is C14H11FN6O. The first-order chi connectivity index (χ1) is 10.7. The minimum absolute atomic E-state index is 0.111. The molecule has 2 heterocycles. The first-order valence-corrected chi connectivity index (χ1v) is 6.45. The molecule has 7 nitrogen and oxygen atoms in total. The molecule has 1 amide bonds. The van der Waals surface area contributed by atoms with Crippen LogP contribution in [0.5, 0.6) is 0 Å². The molecule has 1 N–H and O–H groups in total. The van der Waals surface area contributed by atoms with Crippen LogP contribution in [0, 0.1) is 5.82 Å². The van der Waals surface area contributed by atoms with Crippen molar-refractivity contribution in [3.05, 3.63) is 54.6 Å². The second-order valence-corrected chi connectivity index (χ2v) is 4.41. The van der Waals surface area contributed by atoms with Gasteiger partial charge in [-0.3, -0.25) is 9.78 Å². The third kappa shape index (κ3) is 3.11. The van der Waals surface area contributed by atoms with E-state index in [4.69, 9.17) is 0 Å². The van der Waals surface area contributed by atoms with Crippen LogP contribution in [0.1, 0.15) is 0 Å². The second kappa shape index (κ2) is 6.08. The maximum atomic E-state index is 13.4. The molecule has 0 saturated carbocycles. The third-order valence-corrected chi connectivity index (χ3v) is 2.81. The Bertz CT molecular complexity index is 789. The molecule has 0 radical (unpaired) electrons. The first-order valence-electron chi connectivity index (χ1n) is 6.45. The predicted octanol–water partition coefficient (Wildman–Crippen LogP) is 1.51. The van der Waals surface area contributed by atoms with Crippen molar-refractivity contribution in [1.82, 2.24) is 25.2 Å². The summed E-state index contributed by atoms with van der Waals surface area (Å²) in [5.41, 5.74) is 0.809. The van der Waals surface area contributed by atoms with Gasteiger partial charge < -0.3 is 5.32 Å². The van der Waals surface area contributed by atoms with E-state index in [9.17, 15) is 9.18 Å². The molecule has 0 aliphatic carbocycles. The SMILES string of the molecule is O=C(Cn1nnc(-c2cccnc2)n1)Nc1ccccc1F. The van der Waals surface area contributed by atoms with Gasteiger partial charge in [-0.25, -0.2) is 4.39 Å². The molecular weight excluding hydrogens is 287 g/mol. The number of halogens is 1. The molecule has 1 aromatic carbocycles. The average Bonchev–Trinajstić information content (AvgIpc) is 2.99. The lowest BCUT2D eigenvalue weighted by molar-refractivity contribution is -0.117. The van der Waals surface area contributed by atoms with Gasteiger partial charge in [0.1, 0.15) is 12.4 Å². The normalized spacial score (nSPS) is 10.4. The molecule has 0 aliphatic rings. The molecule has 0 fully saturated rings. The van der Waals surface area contributed by atoms with Gasteiger partial charge in [-0.05, 0) is 29.5 Å². The third-order valence-electron chi connectivity index (χ3n) is 2.81. The number of aromatic nitrogens is 5. The lowest BCUT2D eigenvalue weighted by Gasteiger charge is -2.04. The highest BCUT2D eigenvalue weighted by Gasteiger charge is 2.11. The number of benzene rings is 1. The van der Waals surface area contributed by atoms with E-state index in [1.807, 2.05) is 0 Å². The Hall–Kier alpha value is -3.16. The summed E-state index contributed by atoms with van der Waals surface area (Å²) in [4.78, 5) is 17.0. The smallest absolute Gasteiger partial charge is 0.248 e. The highest BCUT2D eigenvalue weighted by atomic mass is 19.1. The van der Waals surface area contributed by atoms with Crippen molar-refractivity contribution in [2.75, 3.05) is 5.32 Å². The summed E-state index contributed by atoms with van der Waals surface area (Å²) in [6.07, 6.45) is 3.23. The molecule has 2 aromatic heterocycles. The number of carbonyl (C=O) groups excluding carboxylic acids is 1. The zero-order valence-corrected chi connectivity index (χ0v) is 11.3. The van der Waals surface area contributed by atoms with E-state index in [-0.39, 0.29) is 12.2 Å². The Morgan fingerprint density at radius 3 is 2.86 bits per heavy atom. The van der Waals surface area contributed by atoms with Gasteiger partial charge in [-0.15, -0.1) is 10.2 Å². The van der Waals surface area contributed by atoms with Crippen molar-refractivity contribution in [3.8, 4) is 11.4 Å². The lowest BCUT2D eigenvalue weighted by Crippen LogP contribution is -2.21. The maximum Gasteiger partial charge on any atom is 0.248 e. The summed E-state index contributed by atoms with van der Waals surface area (Å²) >= 11 is 0. The fraction of sp³-hybridized carbons (Fsp3) is 0.0714. The zero-order valence-electron chi connectivity index (χ0n) is 11.3. The standard InChI is InChI=1S/C14H11FN6O/c15-11-5-1-2-6-12(11)17-13(22)9-21-19-14(18-20-21)10-4-3-7-16-8-10/h1-8H,9H2,(H,17,22). The van der Waals surface area contributed by atoms with Gasteiger partial charge in [0.05, 0.1) is 5.69 Å². The van der Waals surface area contributed by atoms with Crippen molar-refractivity contribution in [2.45, 2.75) is 6.54 Å². The van der Waals surface area contributed by atoms with E-state index < -0.39 is 11.7 Å². The van der Waals surface area contributed by atoms with Gasteiger partial charge >= 0.3 is 0 Å². The number of para-hydroxylation sites is 1. The van der Waals surface area contributed by atoms with E-state index in [0.29, 0.717) is 11.4 Å². The van der Waals surface area contributed by atoms with Gasteiger partial charge in [-0.1, -0.05) is 12.1 Å². The van der Waals surface area contributed by atoms with Crippen LogP contribution in [0.3, 0.4) is 0 Å². The van der Waals surface area contributed by atoms with Crippen molar-refractivity contribution in [3.63, 3.8) is 0 Å². The Morgan fingerprint density at radius 2 is 2.09 bits per heavy atom. The highest BCUT2D eigenvalue weighted by molar-refractivity contribution is 5.90. The van der Waals surface area contributed by atoms with E-state index in [2.05, 4.69) is 25.7 Å². The number of rotatable bonds is 4. The molecule has 3 rings (SSSR count). The summed E-state index contributed by atoms with van der Waals surface area (Å²) in [7, 11) is 0. The summed E-state index contributed by atoms with van der Waals surface area (Å²) in [6.45, 7) is -0.165.